The summed E-state index contributed by atoms with van der Waals surface area (Å²) in [6.07, 6.45) is -1.81. The average Bonchev–Trinajstić information content (AvgIpc) is 3.27. The van der Waals surface area contributed by atoms with Crippen LogP contribution in [0.25, 0.3) is 0 Å². The highest BCUT2D eigenvalue weighted by atomic mass is 19.3. The van der Waals surface area contributed by atoms with E-state index in [1.54, 1.807) is 6.07 Å². The van der Waals surface area contributed by atoms with Crippen molar-refractivity contribution in [1.29, 1.82) is 0 Å². The fraction of sp³-hybridized carbons (Fsp3) is 0.238. The molecule has 3 amide bonds. The molecule has 1 aromatic carbocycles. The number of aromatic nitrogens is 1. The lowest BCUT2D eigenvalue weighted by Crippen LogP contribution is -2.68. The molecule has 0 bridgehead atoms. The van der Waals surface area contributed by atoms with E-state index in [0.29, 0.717) is 11.3 Å². The van der Waals surface area contributed by atoms with Crippen molar-refractivity contribution in [2.24, 2.45) is 0 Å². The first kappa shape index (κ1) is 24.1. The molecule has 0 spiro atoms. The molecule has 4 N–H and O–H groups in total. The fourth-order valence-corrected chi connectivity index (χ4v) is 2.58. The van der Waals surface area contributed by atoms with Crippen LogP contribution >= 0.6 is 0 Å². The van der Waals surface area contributed by atoms with E-state index in [1.807, 2.05) is 5.32 Å². The second-order valence-corrected chi connectivity index (χ2v) is 6.60. The lowest BCUT2D eigenvalue weighted by Gasteiger charge is -2.36. The normalized spacial score (nSPS) is 12.8. The first-order valence-electron chi connectivity index (χ1n) is 9.02. The third-order valence-corrected chi connectivity index (χ3v) is 4.19. The van der Waals surface area contributed by atoms with Gasteiger partial charge in [-0.1, -0.05) is 11.1 Å². The number of alkyl halides is 2. The van der Waals surface area contributed by atoms with Gasteiger partial charge in [-0.05, 0) is 49.0 Å². The molecule has 2 unspecified atom stereocenters. The molecule has 0 fully saturated rings. The van der Waals surface area contributed by atoms with Gasteiger partial charge in [0.2, 0.25) is 11.7 Å². The minimum atomic E-state index is -3.25. The molecule has 2 aromatic rings. The summed E-state index contributed by atoms with van der Waals surface area (Å²) in [5, 5.41) is 16.5. The van der Waals surface area contributed by atoms with E-state index in [0.717, 1.165) is 13.8 Å². The molecule has 32 heavy (non-hydrogen) atoms. The van der Waals surface area contributed by atoms with Gasteiger partial charge in [0.1, 0.15) is 11.6 Å². The van der Waals surface area contributed by atoms with Crippen LogP contribution in [0.5, 0.6) is 0 Å². The van der Waals surface area contributed by atoms with Crippen LogP contribution in [-0.2, 0) is 9.59 Å². The van der Waals surface area contributed by atoms with Crippen LogP contribution in [0.3, 0.4) is 0 Å². The number of nitrogens with zero attached hydrogens (tertiary/aromatic N) is 1. The van der Waals surface area contributed by atoms with Gasteiger partial charge >= 0.3 is 0 Å². The Morgan fingerprint density at radius 2 is 1.78 bits per heavy atom. The highest BCUT2D eigenvalue weighted by Crippen LogP contribution is 2.21. The van der Waals surface area contributed by atoms with Gasteiger partial charge in [-0.3, -0.25) is 19.6 Å². The predicted octanol–water partition coefficient (Wildman–Crippen LogP) is 0.841. The first-order valence-corrected chi connectivity index (χ1v) is 9.02. The number of benzene rings is 1. The van der Waals surface area contributed by atoms with Crippen LogP contribution < -0.4 is 16.1 Å². The molecule has 0 saturated heterocycles. The predicted molar refractivity (Wildman–Crippen MR) is 106 cm³/mol. The molecule has 11 heteroatoms. The largest absolute Gasteiger partial charge is 0.348 e. The van der Waals surface area contributed by atoms with Crippen molar-refractivity contribution in [1.82, 2.24) is 21.3 Å². The van der Waals surface area contributed by atoms with Crippen LogP contribution in [0.15, 0.2) is 41.1 Å². The highest BCUT2D eigenvalue weighted by molar-refractivity contribution is 5.98. The van der Waals surface area contributed by atoms with Crippen LogP contribution in [-0.4, -0.2) is 46.1 Å². The molecule has 0 radical (unpaired) electrons. The molecule has 1 aromatic heterocycles. The number of amides is 3. The van der Waals surface area contributed by atoms with Crippen LogP contribution in [0.1, 0.15) is 35.5 Å². The number of carbonyl (C=O) groups is 3. The van der Waals surface area contributed by atoms with Crippen LogP contribution in [0, 0.1) is 23.7 Å². The van der Waals surface area contributed by atoms with Crippen molar-refractivity contribution in [2.75, 3.05) is 0 Å². The fourth-order valence-electron chi connectivity index (χ4n) is 2.58. The third-order valence-electron chi connectivity index (χ3n) is 4.19. The summed E-state index contributed by atoms with van der Waals surface area (Å²) in [5.74, 6) is 7.80. The maximum atomic E-state index is 13.7. The third kappa shape index (κ3) is 6.14. The molecular formula is C21H18F2N4O5. The Labute approximate surface area is 181 Å². The van der Waals surface area contributed by atoms with Gasteiger partial charge in [-0.2, -0.15) is 0 Å². The van der Waals surface area contributed by atoms with E-state index in [1.165, 1.54) is 35.9 Å². The van der Waals surface area contributed by atoms with E-state index in [2.05, 4.69) is 34.2 Å². The Bertz CT molecular complexity index is 1100. The van der Waals surface area contributed by atoms with Crippen molar-refractivity contribution in [3.05, 3.63) is 53.4 Å². The second-order valence-electron chi connectivity index (χ2n) is 6.60. The summed E-state index contributed by atoms with van der Waals surface area (Å²) in [6.45, 7) is 1.85. The van der Waals surface area contributed by atoms with Crippen LogP contribution in [0.4, 0.5) is 8.78 Å². The highest BCUT2D eigenvalue weighted by Gasteiger charge is 2.48. The summed E-state index contributed by atoms with van der Waals surface area (Å²) in [5.41, 5.74) is -0.726. The van der Waals surface area contributed by atoms with Gasteiger partial charge in [0.15, 0.2) is 0 Å². The molecule has 166 valence electrons. The van der Waals surface area contributed by atoms with Gasteiger partial charge < -0.3 is 15.2 Å². The monoisotopic (exact) mass is 444 g/mol. The molecule has 1 heterocycles. The lowest BCUT2D eigenvalue weighted by atomic mass is 9.91. The summed E-state index contributed by atoms with van der Waals surface area (Å²) in [4.78, 5) is 35.9. The van der Waals surface area contributed by atoms with Gasteiger partial charge in [-0.15, -0.1) is 0 Å². The zero-order valence-corrected chi connectivity index (χ0v) is 16.9. The molecular weight excluding hydrogens is 426 g/mol. The van der Waals surface area contributed by atoms with Crippen molar-refractivity contribution in [2.45, 2.75) is 31.9 Å². The van der Waals surface area contributed by atoms with E-state index in [9.17, 15) is 23.2 Å². The molecule has 0 aliphatic heterocycles. The number of hydrogen-bond donors (Lipinski definition) is 4. The van der Waals surface area contributed by atoms with E-state index >= 15 is 0 Å². The van der Waals surface area contributed by atoms with Crippen LogP contribution in [0.2, 0.25) is 0 Å². The Hall–Kier alpha value is -4.22. The lowest BCUT2D eigenvalue weighted by molar-refractivity contribution is -0.137. The van der Waals surface area contributed by atoms with E-state index in [4.69, 9.17) is 9.73 Å². The molecule has 0 aliphatic carbocycles. The number of hydrogen-bond acceptors (Lipinski definition) is 6. The zero-order chi connectivity index (χ0) is 23.7. The summed E-state index contributed by atoms with van der Waals surface area (Å²) < 4.78 is 32.1. The smallest absolute Gasteiger partial charge is 0.268 e. The quantitative estimate of drug-likeness (QED) is 0.297. The SMILES string of the molecule is CC(=O)NC(C)(C(F)F)C(NC(=O)c1ccc(C#CC#Cc2ccno2)cc1)C(=O)NO. The molecule has 0 aliphatic rings. The zero-order valence-electron chi connectivity index (χ0n) is 16.9. The molecule has 9 nitrogen and oxygen atoms in total. The number of rotatable bonds is 6. The van der Waals surface area contributed by atoms with Gasteiger partial charge in [0, 0.05) is 24.1 Å². The Balaban J connectivity index is 2.18. The van der Waals surface area contributed by atoms with Crippen molar-refractivity contribution in [3.8, 4) is 23.7 Å². The van der Waals surface area contributed by atoms with Crippen molar-refractivity contribution >= 4 is 17.7 Å². The summed E-state index contributed by atoms with van der Waals surface area (Å²) in [6, 6.07) is 5.27. The number of hydroxylamine groups is 1. The average molecular weight is 444 g/mol. The molecule has 0 saturated carbocycles. The first-order chi connectivity index (χ1) is 15.2. The minimum Gasteiger partial charge on any atom is -0.348 e. The van der Waals surface area contributed by atoms with Gasteiger partial charge in [0.05, 0.1) is 6.20 Å². The van der Waals surface area contributed by atoms with E-state index in [-0.39, 0.29) is 5.56 Å². The van der Waals surface area contributed by atoms with Gasteiger partial charge in [-0.25, -0.2) is 14.3 Å². The standard InChI is InChI=1S/C21H18F2N4O5/c1-13(28)26-21(2,20(22)23)17(19(30)27-31)25-18(29)15-9-7-14(8-10-15)5-3-4-6-16-11-12-24-32-16/h7-12,17,20,31H,1-2H3,(H,25,29)(H,26,28)(H,27,30). The topological polar surface area (TPSA) is 134 Å². The number of halogens is 2. The summed E-state index contributed by atoms with van der Waals surface area (Å²) >= 11 is 0. The molecule has 2 rings (SSSR count). The van der Waals surface area contributed by atoms with Crippen molar-refractivity contribution < 1.29 is 32.9 Å². The maximum Gasteiger partial charge on any atom is 0.268 e. The number of nitrogens with one attached hydrogen (secondary N) is 3. The number of carbonyl (C=O) groups excluding carboxylic acids is 3. The summed E-state index contributed by atoms with van der Waals surface area (Å²) in [7, 11) is 0. The van der Waals surface area contributed by atoms with Crippen molar-refractivity contribution in [3.63, 3.8) is 0 Å². The Kier molecular flexibility index (Phi) is 8.04. The molecule has 2 atom stereocenters. The Morgan fingerprint density at radius 3 is 2.31 bits per heavy atom. The van der Waals surface area contributed by atoms with Gasteiger partial charge in [0.25, 0.3) is 18.2 Å². The Morgan fingerprint density at radius 1 is 1.12 bits per heavy atom. The second kappa shape index (κ2) is 10.7. The minimum absolute atomic E-state index is 0.0264. The van der Waals surface area contributed by atoms with E-state index < -0.39 is 35.7 Å². The maximum absolute atomic E-state index is 13.7.